The maximum atomic E-state index is 13.3. The maximum Gasteiger partial charge on any atom is 0.126 e. The minimum absolute atomic E-state index is 0.125. The largest absolute Gasteiger partial charge is 0.312 e. The van der Waals surface area contributed by atoms with Crippen molar-refractivity contribution in [1.29, 1.82) is 0 Å². The van der Waals surface area contributed by atoms with Crippen LogP contribution in [-0.4, -0.2) is 19.6 Å². The van der Waals surface area contributed by atoms with Gasteiger partial charge in [0.25, 0.3) is 0 Å². The number of hydrogen-bond donors (Lipinski definition) is 2. The Labute approximate surface area is 103 Å². The summed E-state index contributed by atoms with van der Waals surface area (Å²) in [6, 6.07) is 6.14. The Bertz CT molecular complexity index is 372. The second kappa shape index (κ2) is 5.61. The van der Waals surface area contributed by atoms with Crippen LogP contribution >= 0.6 is 0 Å². The average Bonchev–Trinajstić information content (AvgIpc) is 2.36. The molecule has 1 heterocycles. The van der Waals surface area contributed by atoms with Gasteiger partial charge >= 0.3 is 0 Å². The molecule has 2 nitrogen and oxygen atoms in total. The van der Waals surface area contributed by atoms with Crippen molar-refractivity contribution in [2.24, 2.45) is 0 Å². The predicted octanol–water partition coefficient (Wildman–Crippen LogP) is 2.54. The number of piperidine rings is 1. The Kier molecular flexibility index (Phi) is 4.13. The van der Waals surface area contributed by atoms with Crippen molar-refractivity contribution in [2.75, 3.05) is 13.6 Å². The molecule has 2 atom stereocenters. The van der Waals surface area contributed by atoms with Crippen LogP contribution in [0.3, 0.4) is 0 Å². The topological polar surface area (TPSA) is 24.1 Å². The highest BCUT2D eigenvalue weighted by Gasteiger charge is 2.23. The molecule has 0 aliphatic carbocycles. The van der Waals surface area contributed by atoms with E-state index in [1.54, 1.807) is 6.07 Å². The predicted molar refractivity (Wildman–Crippen MR) is 68.6 cm³/mol. The lowest BCUT2D eigenvalue weighted by Crippen LogP contribution is -2.43. The molecule has 2 rings (SSSR count). The molecule has 2 N–H and O–H groups in total. The number of likely N-dealkylation sites (N-methyl/N-ethyl adjacent to an activating group) is 1. The first-order valence-corrected chi connectivity index (χ1v) is 6.39. The summed E-state index contributed by atoms with van der Waals surface area (Å²) >= 11 is 0. The smallest absolute Gasteiger partial charge is 0.126 e. The van der Waals surface area contributed by atoms with Crippen molar-refractivity contribution in [3.05, 3.63) is 35.1 Å². The Balaban J connectivity index is 2.18. The number of aryl methyl sites for hydroxylation is 1. The summed E-state index contributed by atoms with van der Waals surface area (Å²) in [6.07, 6.45) is 3.72. The van der Waals surface area contributed by atoms with Gasteiger partial charge in [0.2, 0.25) is 0 Å². The van der Waals surface area contributed by atoms with E-state index in [1.807, 2.05) is 26.1 Å². The second-order valence-electron chi connectivity index (χ2n) is 4.83. The number of nitrogens with one attached hydrogen (secondary N) is 2. The van der Waals surface area contributed by atoms with Gasteiger partial charge in [0.15, 0.2) is 0 Å². The molecule has 17 heavy (non-hydrogen) atoms. The highest BCUT2D eigenvalue weighted by molar-refractivity contribution is 5.27. The van der Waals surface area contributed by atoms with Crippen molar-refractivity contribution in [1.82, 2.24) is 10.6 Å². The van der Waals surface area contributed by atoms with Gasteiger partial charge in [-0.25, -0.2) is 4.39 Å². The van der Waals surface area contributed by atoms with Crippen LogP contribution in [-0.2, 0) is 0 Å². The summed E-state index contributed by atoms with van der Waals surface area (Å²) in [7, 11) is 1.97. The van der Waals surface area contributed by atoms with Crippen LogP contribution in [0.25, 0.3) is 0 Å². The van der Waals surface area contributed by atoms with Crippen LogP contribution < -0.4 is 10.6 Å². The molecule has 3 heteroatoms. The third kappa shape index (κ3) is 2.85. The minimum Gasteiger partial charge on any atom is -0.312 e. The van der Waals surface area contributed by atoms with Gasteiger partial charge in [0.05, 0.1) is 0 Å². The van der Waals surface area contributed by atoms with Crippen molar-refractivity contribution < 1.29 is 4.39 Å². The molecule has 0 amide bonds. The van der Waals surface area contributed by atoms with Crippen LogP contribution in [0.15, 0.2) is 18.2 Å². The average molecular weight is 236 g/mol. The van der Waals surface area contributed by atoms with Gasteiger partial charge in [0.1, 0.15) is 5.82 Å². The van der Waals surface area contributed by atoms with E-state index in [0.717, 1.165) is 12.1 Å². The number of hydrogen-bond acceptors (Lipinski definition) is 2. The zero-order chi connectivity index (χ0) is 12.3. The van der Waals surface area contributed by atoms with Crippen LogP contribution in [0.2, 0.25) is 0 Å². The van der Waals surface area contributed by atoms with Crippen molar-refractivity contribution in [3.63, 3.8) is 0 Å². The molecule has 1 aliphatic heterocycles. The van der Waals surface area contributed by atoms with E-state index in [0.29, 0.717) is 6.04 Å². The summed E-state index contributed by atoms with van der Waals surface area (Å²) in [5.41, 5.74) is 1.89. The monoisotopic (exact) mass is 236 g/mol. The molecule has 0 radical (unpaired) electrons. The third-order valence-corrected chi connectivity index (χ3v) is 3.60. The Morgan fingerprint density at radius 2 is 2.24 bits per heavy atom. The second-order valence-corrected chi connectivity index (χ2v) is 4.83. The van der Waals surface area contributed by atoms with Crippen LogP contribution in [0.4, 0.5) is 4.39 Å². The molecule has 1 aliphatic rings. The van der Waals surface area contributed by atoms with Gasteiger partial charge in [-0.2, -0.15) is 0 Å². The highest BCUT2D eigenvalue weighted by Crippen LogP contribution is 2.24. The molecule has 1 fully saturated rings. The number of halogens is 1. The zero-order valence-corrected chi connectivity index (χ0v) is 10.6. The van der Waals surface area contributed by atoms with Gasteiger partial charge < -0.3 is 10.6 Å². The molecule has 1 aromatic rings. The molecular weight excluding hydrogens is 215 g/mol. The molecule has 0 bridgehead atoms. The molecule has 2 unspecified atom stereocenters. The van der Waals surface area contributed by atoms with Crippen molar-refractivity contribution >= 4 is 0 Å². The van der Waals surface area contributed by atoms with Crippen LogP contribution in [0, 0.1) is 12.7 Å². The van der Waals surface area contributed by atoms with E-state index in [4.69, 9.17) is 0 Å². The van der Waals surface area contributed by atoms with Crippen molar-refractivity contribution in [2.45, 2.75) is 38.3 Å². The van der Waals surface area contributed by atoms with E-state index in [9.17, 15) is 4.39 Å². The molecule has 94 valence electrons. The normalized spacial score (nSPS) is 22.4. The molecule has 0 aromatic heterocycles. The van der Waals surface area contributed by atoms with Gasteiger partial charge in [-0.3, -0.25) is 0 Å². The number of rotatable bonds is 3. The molecule has 1 aromatic carbocycles. The van der Waals surface area contributed by atoms with Gasteiger partial charge in [-0.1, -0.05) is 18.6 Å². The molecule has 1 saturated heterocycles. The van der Waals surface area contributed by atoms with E-state index in [-0.39, 0.29) is 11.9 Å². The Morgan fingerprint density at radius 3 is 2.82 bits per heavy atom. The highest BCUT2D eigenvalue weighted by atomic mass is 19.1. The number of benzene rings is 1. The minimum atomic E-state index is -0.125. The van der Waals surface area contributed by atoms with Crippen LogP contribution in [0.1, 0.15) is 36.4 Å². The molecular formula is C14H21FN2. The SMILES string of the molecule is CNC(c1ccc(F)c(C)c1)C1CCCCN1. The first kappa shape index (κ1) is 12.5. The fourth-order valence-corrected chi connectivity index (χ4v) is 2.62. The van der Waals surface area contributed by atoms with Crippen molar-refractivity contribution in [3.8, 4) is 0 Å². The summed E-state index contributed by atoms with van der Waals surface area (Å²) in [4.78, 5) is 0. The lowest BCUT2D eigenvalue weighted by molar-refractivity contribution is 0.326. The maximum absolute atomic E-state index is 13.3. The fraction of sp³-hybridized carbons (Fsp3) is 0.571. The lowest BCUT2D eigenvalue weighted by atomic mass is 9.92. The summed E-state index contributed by atoms with van der Waals surface area (Å²) in [5, 5.41) is 6.90. The summed E-state index contributed by atoms with van der Waals surface area (Å²) in [6.45, 7) is 2.91. The fourth-order valence-electron chi connectivity index (χ4n) is 2.62. The Hall–Kier alpha value is -0.930. The van der Waals surface area contributed by atoms with E-state index >= 15 is 0 Å². The van der Waals surface area contributed by atoms with Gasteiger partial charge in [-0.15, -0.1) is 0 Å². The van der Waals surface area contributed by atoms with E-state index in [2.05, 4.69) is 10.6 Å². The molecule has 0 saturated carbocycles. The molecule has 0 spiro atoms. The summed E-state index contributed by atoms with van der Waals surface area (Å²) < 4.78 is 13.3. The van der Waals surface area contributed by atoms with Gasteiger partial charge in [-0.05, 0) is 50.6 Å². The zero-order valence-electron chi connectivity index (χ0n) is 10.6. The van der Waals surface area contributed by atoms with Crippen LogP contribution in [0.5, 0.6) is 0 Å². The van der Waals surface area contributed by atoms with E-state index < -0.39 is 0 Å². The quantitative estimate of drug-likeness (QED) is 0.842. The Morgan fingerprint density at radius 1 is 1.41 bits per heavy atom. The first-order valence-electron chi connectivity index (χ1n) is 6.39. The first-order chi connectivity index (χ1) is 8.22. The van der Waals surface area contributed by atoms with E-state index in [1.165, 1.54) is 24.8 Å². The standard InChI is InChI=1S/C14H21FN2/c1-10-9-11(6-7-12(10)15)14(16-2)13-5-3-4-8-17-13/h6-7,9,13-14,16-17H,3-5,8H2,1-2H3. The third-order valence-electron chi connectivity index (χ3n) is 3.60. The lowest BCUT2D eigenvalue weighted by Gasteiger charge is -2.31. The summed E-state index contributed by atoms with van der Waals surface area (Å²) in [5.74, 6) is -0.125. The van der Waals surface area contributed by atoms with Gasteiger partial charge in [0, 0.05) is 12.1 Å².